The van der Waals surface area contributed by atoms with Gasteiger partial charge in [0, 0.05) is 0 Å². The Labute approximate surface area is 201 Å². The molecule has 4 rings (SSSR count). The van der Waals surface area contributed by atoms with Gasteiger partial charge in [-0.05, 0) is 45.7 Å². The van der Waals surface area contributed by atoms with Crippen molar-refractivity contribution in [2.24, 2.45) is 5.92 Å². The summed E-state index contributed by atoms with van der Waals surface area (Å²) in [5.41, 5.74) is 6.44. The standard InChI is InChI=1S/C28H35OSi.Li/c1-5-7-12-21(6-2)19-23-20-28(29,26-16-11-10-14-24(23)26)30(3,4)27-18-17-22-13-8-9-15-25(22)27;/h8-11,13-18,20-21,27H,5-7,12,19H2,1-4H3;/q-1;+1. The zero-order valence-electron chi connectivity index (χ0n) is 19.9. The van der Waals surface area contributed by atoms with Crippen LogP contribution in [0, 0.1) is 5.92 Å². The zero-order chi connectivity index (χ0) is 21.4. The van der Waals surface area contributed by atoms with Crippen molar-refractivity contribution in [2.75, 3.05) is 0 Å². The predicted molar refractivity (Wildman–Crippen MR) is 130 cm³/mol. The maximum atomic E-state index is 14.8. The number of hydrogen-bond donors (Lipinski definition) is 0. The molecule has 0 saturated carbocycles. The predicted octanol–water partition coefficient (Wildman–Crippen LogP) is 3.85. The van der Waals surface area contributed by atoms with Crippen LogP contribution >= 0.6 is 0 Å². The first-order valence-electron chi connectivity index (χ1n) is 11.7. The van der Waals surface area contributed by atoms with Gasteiger partial charge < -0.3 is 5.11 Å². The Bertz CT molecular complexity index is 976. The van der Waals surface area contributed by atoms with E-state index in [9.17, 15) is 5.11 Å². The van der Waals surface area contributed by atoms with E-state index in [1.165, 1.54) is 47.9 Å². The molecule has 0 bridgehead atoms. The van der Waals surface area contributed by atoms with E-state index in [-0.39, 0.29) is 24.4 Å². The summed E-state index contributed by atoms with van der Waals surface area (Å²) in [6, 6.07) is 17.1. The fraction of sp³-hybridized carbons (Fsp3) is 0.429. The molecule has 0 N–H and O–H groups in total. The van der Waals surface area contributed by atoms with Gasteiger partial charge in [-0.3, -0.25) is 0 Å². The van der Waals surface area contributed by atoms with Gasteiger partial charge >= 0.3 is 18.9 Å². The molecule has 0 radical (unpaired) electrons. The van der Waals surface area contributed by atoms with E-state index in [0.29, 0.717) is 5.92 Å². The summed E-state index contributed by atoms with van der Waals surface area (Å²) < 4.78 is 0. The maximum absolute atomic E-state index is 14.8. The Balaban J connectivity index is 0.00000272. The Morgan fingerprint density at radius 2 is 1.74 bits per heavy atom. The third-order valence-corrected chi connectivity index (χ3v) is 12.0. The van der Waals surface area contributed by atoms with Gasteiger partial charge in [-0.2, -0.15) is 0 Å². The topological polar surface area (TPSA) is 23.1 Å². The molecule has 0 spiro atoms. The second kappa shape index (κ2) is 9.67. The molecule has 2 aliphatic rings. The van der Waals surface area contributed by atoms with Crippen molar-refractivity contribution in [1.29, 1.82) is 0 Å². The quantitative estimate of drug-likeness (QED) is 0.593. The van der Waals surface area contributed by atoms with E-state index < -0.39 is 13.3 Å². The van der Waals surface area contributed by atoms with Crippen molar-refractivity contribution in [2.45, 2.75) is 69.8 Å². The minimum Gasteiger partial charge on any atom is -0.845 e. The third kappa shape index (κ3) is 4.21. The monoisotopic (exact) mass is 422 g/mol. The molecule has 158 valence electrons. The molecule has 0 fully saturated rings. The molecule has 3 heteroatoms. The van der Waals surface area contributed by atoms with Crippen LogP contribution in [0.15, 0.2) is 60.7 Å². The molecule has 0 amide bonds. The molecule has 3 atom stereocenters. The van der Waals surface area contributed by atoms with Crippen LogP contribution in [0.5, 0.6) is 0 Å². The van der Waals surface area contributed by atoms with Gasteiger partial charge in [-0.15, -0.1) is 0 Å². The number of fused-ring (bicyclic) bond motifs is 2. The summed E-state index contributed by atoms with van der Waals surface area (Å²) in [5, 5.41) is 13.7. The largest absolute Gasteiger partial charge is 1.00 e. The van der Waals surface area contributed by atoms with Crippen LogP contribution < -0.4 is 24.0 Å². The molecule has 0 aromatic heterocycles. The van der Waals surface area contributed by atoms with Crippen molar-refractivity contribution in [3.05, 3.63) is 82.9 Å². The smallest absolute Gasteiger partial charge is 0.845 e. The van der Waals surface area contributed by atoms with Crippen molar-refractivity contribution < 1.29 is 24.0 Å². The first kappa shape index (κ1) is 24.3. The number of benzene rings is 2. The zero-order valence-corrected chi connectivity index (χ0v) is 20.9. The second-order valence-electron chi connectivity index (χ2n) is 9.76. The fourth-order valence-corrected chi connectivity index (χ4v) is 9.09. The Morgan fingerprint density at radius 1 is 1.03 bits per heavy atom. The Hall–Kier alpha value is -1.31. The molecule has 0 heterocycles. The van der Waals surface area contributed by atoms with E-state index in [0.717, 1.165) is 12.0 Å². The van der Waals surface area contributed by atoms with Gasteiger partial charge in [0.15, 0.2) is 0 Å². The minimum absolute atomic E-state index is 0. The number of hydrogen-bond acceptors (Lipinski definition) is 1. The summed E-state index contributed by atoms with van der Waals surface area (Å²) in [5.74, 6) is 0.670. The summed E-state index contributed by atoms with van der Waals surface area (Å²) in [6.45, 7) is 9.18. The normalized spacial score (nSPS) is 22.5. The van der Waals surface area contributed by atoms with Gasteiger partial charge in [0.2, 0.25) is 0 Å². The summed E-state index contributed by atoms with van der Waals surface area (Å²) in [4.78, 5) is 0. The molecule has 0 aliphatic heterocycles. The molecule has 3 unspecified atom stereocenters. The first-order chi connectivity index (χ1) is 14.4. The minimum atomic E-state index is -2.31. The van der Waals surface area contributed by atoms with Crippen LogP contribution in [0.2, 0.25) is 13.1 Å². The maximum Gasteiger partial charge on any atom is 1.00 e. The molecule has 1 nitrogen and oxygen atoms in total. The number of unbranched alkanes of at least 4 members (excludes halogenated alkanes) is 1. The van der Waals surface area contributed by atoms with Crippen LogP contribution in [0.1, 0.15) is 73.7 Å². The molecule has 2 aromatic carbocycles. The van der Waals surface area contributed by atoms with Crippen molar-refractivity contribution >= 4 is 19.7 Å². The van der Waals surface area contributed by atoms with Crippen molar-refractivity contribution in [1.82, 2.24) is 0 Å². The number of allylic oxidation sites excluding steroid dienone is 2. The fourth-order valence-electron chi connectivity index (χ4n) is 5.55. The van der Waals surface area contributed by atoms with E-state index in [1.54, 1.807) is 0 Å². The molecule has 2 aromatic rings. The van der Waals surface area contributed by atoms with Crippen molar-refractivity contribution in [3.8, 4) is 0 Å². The van der Waals surface area contributed by atoms with E-state index in [2.05, 4.69) is 93.7 Å². The summed E-state index contributed by atoms with van der Waals surface area (Å²) >= 11 is 0. The average Bonchev–Trinajstić information content (AvgIpc) is 3.32. The van der Waals surface area contributed by atoms with Gasteiger partial charge in [-0.25, -0.2) is 0 Å². The van der Waals surface area contributed by atoms with E-state index >= 15 is 0 Å². The summed E-state index contributed by atoms with van der Waals surface area (Å²) in [7, 11) is -2.31. The molecule has 2 aliphatic carbocycles. The van der Waals surface area contributed by atoms with Crippen LogP contribution in [-0.2, 0) is 5.22 Å². The first-order valence-corrected chi connectivity index (χ1v) is 14.8. The van der Waals surface area contributed by atoms with Crippen LogP contribution in [-0.4, -0.2) is 8.07 Å². The second-order valence-corrected chi connectivity index (χ2v) is 14.6. The van der Waals surface area contributed by atoms with E-state index in [1.807, 2.05) is 0 Å². The summed E-state index contributed by atoms with van der Waals surface area (Å²) in [6.07, 6.45) is 12.7. The SMILES string of the molecule is CCCCC(CC)CC1=CC([O-])([Si](C)(C)C2C=Cc3ccccc32)c2ccccc21.[Li+]. The van der Waals surface area contributed by atoms with Gasteiger partial charge in [-0.1, -0.05) is 125 Å². The van der Waals surface area contributed by atoms with Crippen LogP contribution in [0.25, 0.3) is 11.6 Å². The molecular formula is C28H35LiOSi. The molecule has 31 heavy (non-hydrogen) atoms. The number of rotatable bonds is 8. The third-order valence-electron chi connectivity index (χ3n) is 7.64. The van der Waals surface area contributed by atoms with Gasteiger partial charge in [0.1, 0.15) is 0 Å². The van der Waals surface area contributed by atoms with Crippen LogP contribution in [0.4, 0.5) is 0 Å². The van der Waals surface area contributed by atoms with E-state index in [4.69, 9.17) is 0 Å². The van der Waals surface area contributed by atoms with Crippen molar-refractivity contribution in [3.63, 3.8) is 0 Å². The Morgan fingerprint density at radius 3 is 2.48 bits per heavy atom. The van der Waals surface area contributed by atoms with Gasteiger partial charge in [0.05, 0.1) is 8.07 Å². The molecular weight excluding hydrogens is 387 g/mol. The van der Waals surface area contributed by atoms with Gasteiger partial charge in [0.25, 0.3) is 0 Å². The average molecular weight is 423 g/mol. The van der Waals surface area contributed by atoms with Crippen LogP contribution in [0.3, 0.4) is 0 Å². The molecule has 0 saturated heterocycles. The Kier molecular flexibility index (Phi) is 7.60.